The van der Waals surface area contributed by atoms with Crippen LogP contribution in [0.25, 0.3) is 0 Å². The molecule has 0 saturated carbocycles. The number of rotatable bonds is 7. The highest BCUT2D eigenvalue weighted by Crippen LogP contribution is 2.25. The number of amides is 1. The van der Waals surface area contributed by atoms with E-state index >= 15 is 0 Å². The average molecular weight is 468 g/mol. The summed E-state index contributed by atoms with van der Waals surface area (Å²) in [5.41, 5.74) is 0.398. The van der Waals surface area contributed by atoms with Gasteiger partial charge in [0.05, 0.1) is 39.1 Å². The molecule has 1 amide bonds. The van der Waals surface area contributed by atoms with Crippen LogP contribution in [0.1, 0.15) is 27.1 Å². The summed E-state index contributed by atoms with van der Waals surface area (Å²) in [6.45, 7) is 0.206. The molecule has 0 atom stereocenters. The standard InChI is InChI=1S/C19H18ClN3O7S/c20-17-12-15(23(26)27)5-6-16(17)18(24)21-7-9-30-19(25)13-3-1-4-14(11-13)22-8-2-10-31(22,28)29/h1,3-6,11-12H,2,7-10H2,(H,21,24). The average Bonchev–Trinajstić information content (AvgIpc) is 3.09. The number of non-ortho nitro benzene ring substituents is 1. The van der Waals surface area contributed by atoms with Crippen molar-refractivity contribution in [2.75, 3.05) is 29.8 Å². The minimum absolute atomic E-state index is 0.0158. The summed E-state index contributed by atoms with van der Waals surface area (Å²) < 4.78 is 30.5. The smallest absolute Gasteiger partial charge is 0.338 e. The molecule has 0 radical (unpaired) electrons. The van der Waals surface area contributed by atoms with Crippen LogP contribution < -0.4 is 9.62 Å². The van der Waals surface area contributed by atoms with Crippen LogP contribution in [-0.2, 0) is 14.8 Å². The molecule has 1 aliphatic rings. The van der Waals surface area contributed by atoms with Crippen molar-refractivity contribution in [3.8, 4) is 0 Å². The van der Waals surface area contributed by atoms with Crippen molar-refractivity contribution in [1.29, 1.82) is 0 Å². The number of nitro benzene ring substituents is 1. The molecule has 0 bridgehead atoms. The molecular weight excluding hydrogens is 450 g/mol. The highest BCUT2D eigenvalue weighted by Gasteiger charge is 2.28. The first kappa shape index (κ1) is 22.5. The Morgan fingerprint density at radius 1 is 1.23 bits per heavy atom. The van der Waals surface area contributed by atoms with Crippen molar-refractivity contribution in [1.82, 2.24) is 5.32 Å². The second-order valence-corrected chi connectivity index (χ2v) is 9.03. The van der Waals surface area contributed by atoms with E-state index in [2.05, 4.69) is 5.32 Å². The van der Waals surface area contributed by atoms with Gasteiger partial charge in [0.15, 0.2) is 0 Å². The summed E-state index contributed by atoms with van der Waals surface area (Å²) in [7, 11) is -3.36. The third-order valence-electron chi connectivity index (χ3n) is 4.50. The number of carbonyl (C=O) groups excluding carboxylic acids is 2. The normalized spacial score (nSPS) is 14.8. The van der Waals surface area contributed by atoms with E-state index in [1.807, 2.05) is 0 Å². The Morgan fingerprint density at radius 2 is 2.00 bits per heavy atom. The molecule has 1 aliphatic heterocycles. The third-order valence-corrected chi connectivity index (χ3v) is 6.68. The lowest BCUT2D eigenvalue weighted by Crippen LogP contribution is -2.28. The maximum Gasteiger partial charge on any atom is 0.338 e. The van der Waals surface area contributed by atoms with E-state index in [9.17, 15) is 28.1 Å². The number of halogens is 1. The Kier molecular flexibility index (Phi) is 6.76. The molecule has 164 valence electrons. The van der Waals surface area contributed by atoms with Gasteiger partial charge in [-0.15, -0.1) is 0 Å². The molecule has 31 heavy (non-hydrogen) atoms. The van der Waals surface area contributed by atoms with E-state index in [1.54, 1.807) is 12.1 Å². The third kappa shape index (κ3) is 5.30. The Hall–Kier alpha value is -3.18. The van der Waals surface area contributed by atoms with E-state index in [0.717, 1.165) is 12.1 Å². The van der Waals surface area contributed by atoms with Crippen LogP contribution in [-0.4, -0.2) is 50.7 Å². The van der Waals surface area contributed by atoms with Crippen LogP contribution in [0.3, 0.4) is 0 Å². The number of hydrogen-bond acceptors (Lipinski definition) is 7. The summed E-state index contributed by atoms with van der Waals surface area (Å²) in [6.07, 6.45) is 0.523. The van der Waals surface area contributed by atoms with Gasteiger partial charge in [-0.2, -0.15) is 0 Å². The number of anilines is 1. The first-order valence-corrected chi connectivity index (χ1v) is 11.2. The SMILES string of the molecule is O=C(OCCNC(=O)c1ccc([N+](=O)[O-])cc1Cl)c1cccc(N2CCCS2(=O)=O)c1. The number of nitro groups is 1. The van der Waals surface area contributed by atoms with Crippen molar-refractivity contribution in [2.45, 2.75) is 6.42 Å². The molecule has 0 unspecified atom stereocenters. The van der Waals surface area contributed by atoms with Crippen LogP contribution in [0.15, 0.2) is 42.5 Å². The van der Waals surface area contributed by atoms with E-state index in [0.29, 0.717) is 18.7 Å². The molecule has 1 fully saturated rings. The van der Waals surface area contributed by atoms with Gasteiger partial charge in [-0.3, -0.25) is 19.2 Å². The Labute approximate surface area is 183 Å². The number of esters is 1. The summed E-state index contributed by atoms with van der Waals surface area (Å²) in [6, 6.07) is 9.59. The van der Waals surface area contributed by atoms with Gasteiger partial charge in [-0.25, -0.2) is 13.2 Å². The van der Waals surface area contributed by atoms with E-state index in [4.69, 9.17) is 16.3 Å². The van der Waals surface area contributed by atoms with Crippen molar-refractivity contribution in [2.24, 2.45) is 0 Å². The van der Waals surface area contributed by atoms with E-state index < -0.39 is 26.8 Å². The van der Waals surface area contributed by atoms with Gasteiger partial charge < -0.3 is 10.1 Å². The molecule has 3 rings (SSSR count). The minimum atomic E-state index is -3.36. The molecule has 12 heteroatoms. The molecule has 2 aromatic rings. The van der Waals surface area contributed by atoms with Crippen LogP contribution in [0.5, 0.6) is 0 Å². The quantitative estimate of drug-likeness (QED) is 0.285. The largest absolute Gasteiger partial charge is 0.460 e. The van der Waals surface area contributed by atoms with E-state index in [-0.39, 0.29) is 40.7 Å². The second kappa shape index (κ2) is 9.31. The lowest BCUT2D eigenvalue weighted by atomic mass is 10.2. The van der Waals surface area contributed by atoms with Crippen LogP contribution in [0.2, 0.25) is 5.02 Å². The molecule has 0 aromatic heterocycles. The zero-order valence-electron chi connectivity index (χ0n) is 16.1. The number of hydrogen-bond donors (Lipinski definition) is 1. The fraction of sp³-hybridized carbons (Fsp3) is 0.263. The summed E-state index contributed by atoms with van der Waals surface area (Å²) in [5.74, 6) is -1.17. The van der Waals surface area contributed by atoms with Gasteiger partial charge in [-0.1, -0.05) is 17.7 Å². The molecule has 1 N–H and O–H groups in total. The molecule has 1 heterocycles. The molecule has 2 aromatic carbocycles. The molecule has 1 saturated heterocycles. The summed E-state index contributed by atoms with van der Waals surface area (Å²) in [5, 5.41) is 13.2. The van der Waals surface area contributed by atoms with Gasteiger partial charge in [0.2, 0.25) is 10.0 Å². The van der Waals surface area contributed by atoms with Gasteiger partial charge in [0, 0.05) is 18.7 Å². The van der Waals surface area contributed by atoms with Gasteiger partial charge in [0.25, 0.3) is 11.6 Å². The minimum Gasteiger partial charge on any atom is -0.460 e. The number of benzene rings is 2. The Bertz CT molecular complexity index is 1140. The fourth-order valence-corrected chi connectivity index (χ4v) is 4.82. The van der Waals surface area contributed by atoms with Crippen molar-refractivity contribution >= 4 is 44.9 Å². The van der Waals surface area contributed by atoms with Crippen LogP contribution >= 0.6 is 11.6 Å². The van der Waals surface area contributed by atoms with Crippen molar-refractivity contribution < 1.29 is 27.7 Å². The van der Waals surface area contributed by atoms with Gasteiger partial charge >= 0.3 is 5.97 Å². The highest BCUT2D eigenvalue weighted by atomic mass is 35.5. The zero-order valence-corrected chi connectivity index (χ0v) is 17.7. The maximum absolute atomic E-state index is 12.3. The van der Waals surface area contributed by atoms with Gasteiger partial charge in [-0.05, 0) is 30.7 Å². The predicted octanol–water partition coefficient (Wildman–Crippen LogP) is 2.37. The van der Waals surface area contributed by atoms with Gasteiger partial charge in [0.1, 0.15) is 6.61 Å². The number of nitrogens with zero attached hydrogens (tertiary/aromatic N) is 2. The van der Waals surface area contributed by atoms with Crippen LogP contribution in [0.4, 0.5) is 11.4 Å². The molecule has 10 nitrogen and oxygen atoms in total. The summed E-state index contributed by atoms with van der Waals surface area (Å²) >= 11 is 5.90. The first-order chi connectivity index (χ1) is 14.7. The first-order valence-electron chi connectivity index (χ1n) is 9.19. The predicted molar refractivity (Wildman–Crippen MR) is 113 cm³/mol. The lowest BCUT2D eigenvalue weighted by Gasteiger charge is -2.17. The van der Waals surface area contributed by atoms with Crippen molar-refractivity contribution in [3.05, 3.63) is 68.7 Å². The highest BCUT2D eigenvalue weighted by molar-refractivity contribution is 7.93. The lowest BCUT2D eigenvalue weighted by molar-refractivity contribution is -0.384. The molecule has 0 aliphatic carbocycles. The Balaban J connectivity index is 1.53. The number of carbonyl (C=O) groups is 2. The topological polar surface area (TPSA) is 136 Å². The molecular formula is C19H18ClN3O7S. The second-order valence-electron chi connectivity index (χ2n) is 6.61. The number of nitrogens with one attached hydrogen (secondary N) is 1. The fourth-order valence-electron chi connectivity index (χ4n) is 3.01. The monoisotopic (exact) mass is 467 g/mol. The Morgan fingerprint density at radius 3 is 2.65 bits per heavy atom. The van der Waals surface area contributed by atoms with Crippen LogP contribution in [0, 0.1) is 10.1 Å². The van der Waals surface area contributed by atoms with Crippen molar-refractivity contribution in [3.63, 3.8) is 0 Å². The van der Waals surface area contributed by atoms with E-state index in [1.165, 1.54) is 22.5 Å². The maximum atomic E-state index is 12.3. The zero-order chi connectivity index (χ0) is 22.6. The summed E-state index contributed by atoms with van der Waals surface area (Å²) in [4.78, 5) is 34.5. The molecule has 0 spiro atoms. The number of sulfonamides is 1. The number of ether oxygens (including phenoxy) is 1.